The van der Waals surface area contributed by atoms with E-state index >= 15 is 0 Å². The molecule has 0 saturated heterocycles. The summed E-state index contributed by atoms with van der Waals surface area (Å²) in [5, 5.41) is 9.36. The normalized spacial score (nSPS) is 12.9. The number of aromatic amines is 1. The maximum absolute atomic E-state index is 11.7. The Labute approximate surface area is 92.3 Å². The van der Waals surface area contributed by atoms with Crippen molar-refractivity contribution in [3.63, 3.8) is 0 Å². The standard InChI is InChI=1S/C11H13N3O2/c1-6-13-8-3-2-7(4-9(8)14-6)11(16)10(15)5-12/h2-4,10,15H,5,12H2,1H3,(H,13,14). The monoisotopic (exact) mass is 219 g/mol. The molecule has 1 atom stereocenters. The van der Waals surface area contributed by atoms with Gasteiger partial charge in [-0.25, -0.2) is 4.98 Å². The molecule has 0 aliphatic heterocycles. The number of aromatic nitrogens is 2. The molecule has 1 heterocycles. The van der Waals surface area contributed by atoms with Crippen molar-refractivity contribution in [2.24, 2.45) is 5.73 Å². The zero-order valence-corrected chi connectivity index (χ0v) is 8.90. The number of rotatable bonds is 3. The molecule has 5 nitrogen and oxygen atoms in total. The molecule has 0 fully saturated rings. The van der Waals surface area contributed by atoms with Gasteiger partial charge in [0.1, 0.15) is 11.9 Å². The van der Waals surface area contributed by atoms with Gasteiger partial charge in [0.05, 0.1) is 11.0 Å². The number of hydrogen-bond acceptors (Lipinski definition) is 4. The van der Waals surface area contributed by atoms with E-state index in [9.17, 15) is 9.90 Å². The first-order chi connectivity index (χ1) is 7.61. The zero-order chi connectivity index (χ0) is 11.7. The first-order valence-electron chi connectivity index (χ1n) is 5.00. The highest BCUT2D eigenvalue weighted by molar-refractivity contribution is 6.01. The summed E-state index contributed by atoms with van der Waals surface area (Å²) in [6.45, 7) is 1.77. The van der Waals surface area contributed by atoms with Gasteiger partial charge < -0.3 is 15.8 Å². The average molecular weight is 219 g/mol. The second kappa shape index (κ2) is 4.03. The Balaban J connectivity index is 2.42. The summed E-state index contributed by atoms with van der Waals surface area (Å²) in [7, 11) is 0. The van der Waals surface area contributed by atoms with Crippen LogP contribution in [0.5, 0.6) is 0 Å². The lowest BCUT2D eigenvalue weighted by Crippen LogP contribution is -2.29. The van der Waals surface area contributed by atoms with E-state index < -0.39 is 6.10 Å². The third-order valence-electron chi connectivity index (χ3n) is 2.41. The number of nitrogens with one attached hydrogen (secondary N) is 1. The van der Waals surface area contributed by atoms with E-state index in [0.29, 0.717) is 5.56 Å². The molecule has 1 aromatic carbocycles. The van der Waals surface area contributed by atoms with Gasteiger partial charge in [0.15, 0.2) is 5.78 Å². The van der Waals surface area contributed by atoms with E-state index in [1.54, 1.807) is 18.2 Å². The number of fused-ring (bicyclic) bond motifs is 1. The molecule has 1 unspecified atom stereocenters. The van der Waals surface area contributed by atoms with Gasteiger partial charge in [0, 0.05) is 12.1 Å². The number of aliphatic hydroxyl groups is 1. The van der Waals surface area contributed by atoms with Crippen LogP contribution in [0.1, 0.15) is 16.2 Å². The molecule has 1 aromatic heterocycles. The fourth-order valence-electron chi connectivity index (χ4n) is 1.59. The number of ketones is 1. The van der Waals surface area contributed by atoms with Gasteiger partial charge in [0.25, 0.3) is 0 Å². The van der Waals surface area contributed by atoms with Crippen LogP contribution in [0.15, 0.2) is 18.2 Å². The molecule has 4 N–H and O–H groups in total. The highest BCUT2D eigenvalue weighted by Crippen LogP contribution is 2.14. The van der Waals surface area contributed by atoms with Crippen LogP contribution in [-0.2, 0) is 0 Å². The number of Topliss-reactive ketones (excluding diaryl/α,β-unsaturated/α-hetero) is 1. The number of nitrogens with two attached hydrogens (primary N) is 1. The minimum atomic E-state index is -1.14. The van der Waals surface area contributed by atoms with Crippen LogP contribution in [-0.4, -0.2) is 33.5 Å². The molecule has 16 heavy (non-hydrogen) atoms. The summed E-state index contributed by atoms with van der Waals surface area (Å²) in [4.78, 5) is 18.9. The van der Waals surface area contributed by atoms with Crippen molar-refractivity contribution in [3.05, 3.63) is 29.6 Å². The molecule has 0 aliphatic rings. The van der Waals surface area contributed by atoms with E-state index in [2.05, 4.69) is 9.97 Å². The Morgan fingerprint density at radius 1 is 1.62 bits per heavy atom. The summed E-state index contributed by atoms with van der Waals surface area (Å²) >= 11 is 0. The Bertz CT molecular complexity index is 533. The summed E-state index contributed by atoms with van der Waals surface area (Å²) in [5.74, 6) is 0.427. The largest absolute Gasteiger partial charge is 0.384 e. The van der Waals surface area contributed by atoms with Gasteiger partial charge in [-0.05, 0) is 25.1 Å². The highest BCUT2D eigenvalue weighted by Gasteiger charge is 2.15. The van der Waals surface area contributed by atoms with Gasteiger partial charge in [-0.3, -0.25) is 4.79 Å². The summed E-state index contributed by atoms with van der Waals surface area (Å²) in [6.07, 6.45) is -1.14. The second-order valence-electron chi connectivity index (χ2n) is 3.67. The molecule has 0 bridgehead atoms. The van der Waals surface area contributed by atoms with Gasteiger partial charge >= 0.3 is 0 Å². The number of carbonyl (C=O) groups excluding carboxylic acids is 1. The fourth-order valence-corrected chi connectivity index (χ4v) is 1.59. The van der Waals surface area contributed by atoms with Crippen LogP contribution in [0.25, 0.3) is 11.0 Å². The predicted molar refractivity (Wildman–Crippen MR) is 60.2 cm³/mol. The van der Waals surface area contributed by atoms with Crippen LogP contribution < -0.4 is 5.73 Å². The lowest BCUT2D eigenvalue weighted by atomic mass is 10.1. The van der Waals surface area contributed by atoms with E-state index in [4.69, 9.17) is 5.73 Å². The molecular weight excluding hydrogens is 206 g/mol. The molecule has 0 amide bonds. The number of aryl methyl sites for hydroxylation is 1. The minimum Gasteiger partial charge on any atom is -0.384 e. The third kappa shape index (κ3) is 1.82. The number of nitrogens with zero attached hydrogens (tertiary/aromatic N) is 1. The van der Waals surface area contributed by atoms with Crippen molar-refractivity contribution in [1.82, 2.24) is 9.97 Å². The molecule has 2 aromatic rings. The molecule has 84 valence electrons. The molecule has 0 aliphatic carbocycles. The highest BCUT2D eigenvalue weighted by atomic mass is 16.3. The van der Waals surface area contributed by atoms with Crippen molar-refractivity contribution in [2.45, 2.75) is 13.0 Å². The van der Waals surface area contributed by atoms with Crippen LogP contribution in [0, 0.1) is 6.92 Å². The summed E-state index contributed by atoms with van der Waals surface area (Å²) in [6, 6.07) is 5.07. The summed E-state index contributed by atoms with van der Waals surface area (Å²) < 4.78 is 0. The van der Waals surface area contributed by atoms with E-state index in [0.717, 1.165) is 16.9 Å². The van der Waals surface area contributed by atoms with E-state index in [1.165, 1.54) is 0 Å². The van der Waals surface area contributed by atoms with Gasteiger partial charge in [-0.15, -0.1) is 0 Å². The van der Waals surface area contributed by atoms with Gasteiger partial charge in [0.2, 0.25) is 0 Å². The Hall–Kier alpha value is -1.72. The van der Waals surface area contributed by atoms with Crippen molar-refractivity contribution < 1.29 is 9.90 Å². The van der Waals surface area contributed by atoms with E-state index in [-0.39, 0.29) is 12.3 Å². The van der Waals surface area contributed by atoms with Crippen LogP contribution in [0.3, 0.4) is 0 Å². The van der Waals surface area contributed by atoms with Crippen molar-refractivity contribution in [2.75, 3.05) is 6.54 Å². The maximum Gasteiger partial charge on any atom is 0.192 e. The SMILES string of the molecule is Cc1nc2ccc(C(=O)C(O)CN)cc2[nH]1. The average Bonchev–Trinajstić information content (AvgIpc) is 2.65. The molecule has 2 rings (SSSR count). The first kappa shape index (κ1) is 10.8. The Kier molecular flexibility index (Phi) is 2.72. The van der Waals surface area contributed by atoms with Crippen LogP contribution in [0.4, 0.5) is 0 Å². The lowest BCUT2D eigenvalue weighted by molar-refractivity contribution is 0.0763. The second-order valence-corrected chi connectivity index (χ2v) is 3.67. The lowest BCUT2D eigenvalue weighted by Gasteiger charge is -2.05. The molecule has 0 saturated carbocycles. The molecule has 0 spiro atoms. The van der Waals surface area contributed by atoms with Gasteiger partial charge in [-0.1, -0.05) is 0 Å². The number of imidazole rings is 1. The van der Waals surface area contributed by atoms with Crippen LogP contribution >= 0.6 is 0 Å². The van der Waals surface area contributed by atoms with E-state index in [1.807, 2.05) is 6.92 Å². The maximum atomic E-state index is 11.7. The number of H-pyrrole nitrogens is 1. The smallest absolute Gasteiger partial charge is 0.192 e. The fraction of sp³-hybridized carbons (Fsp3) is 0.273. The minimum absolute atomic E-state index is 0.0706. The molecule has 5 heteroatoms. The Morgan fingerprint density at radius 3 is 3.06 bits per heavy atom. The zero-order valence-electron chi connectivity index (χ0n) is 8.90. The predicted octanol–water partition coefficient (Wildman–Crippen LogP) is 0.374. The number of benzene rings is 1. The number of hydrogen-bond donors (Lipinski definition) is 3. The van der Waals surface area contributed by atoms with Crippen molar-refractivity contribution in [3.8, 4) is 0 Å². The third-order valence-corrected chi connectivity index (χ3v) is 2.41. The first-order valence-corrected chi connectivity index (χ1v) is 5.00. The van der Waals surface area contributed by atoms with Gasteiger partial charge in [-0.2, -0.15) is 0 Å². The molecule has 0 radical (unpaired) electrons. The van der Waals surface area contributed by atoms with Crippen molar-refractivity contribution >= 4 is 16.8 Å². The topological polar surface area (TPSA) is 92.0 Å². The number of carbonyl (C=O) groups is 1. The Morgan fingerprint density at radius 2 is 2.38 bits per heavy atom. The number of aliphatic hydroxyl groups excluding tert-OH is 1. The van der Waals surface area contributed by atoms with Crippen molar-refractivity contribution in [1.29, 1.82) is 0 Å². The van der Waals surface area contributed by atoms with Crippen LogP contribution in [0.2, 0.25) is 0 Å². The summed E-state index contributed by atoms with van der Waals surface area (Å²) in [5.41, 5.74) is 7.26. The quantitative estimate of drug-likeness (QED) is 0.650. The molecular formula is C11H13N3O2.